The molecule has 7 atom stereocenters. The quantitative estimate of drug-likeness (QED) is 0.670. The van der Waals surface area contributed by atoms with E-state index in [1.54, 1.807) is 0 Å². The van der Waals surface area contributed by atoms with Gasteiger partial charge in [0.1, 0.15) is 12.7 Å². The van der Waals surface area contributed by atoms with Crippen LogP contribution in [0.15, 0.2) is 0 Å². The normalized spacial score (nSPS) is 48.9. The van der Waals surface area contributed by atoms with E-state index in [1.807, 2.05) is 0 Å². The van der Waals surface area contributed by atoms with Gasteiger partial charge in [-0.2, -0.15) is 0 Å². The summed E-state index contributed by atoms with van der Waals surface area (Å²) >= 11 is 0. The second-order valence-corrected chi connectivity index (χ2v) is 9.23. The lowest BCUT2D eigenvalue weighted by Crippen LogP contribution is -2.54. The standard InChI is InChI=1S/C20H30O5/c1-12(21)25-17-7-6-15-14-5-4-13-10-23-18(22)24-11-20(13,3)16(14)8-9-19(15,17)2/h13-17H,4-11H2,1-3H3/t13-,14-,15-,16-,17?,19-,20-/m0/s1. The molecule has 5 heteroatoms. The van der Waals surface area contributed by atoms with Gasteiger partial charge in [0, 0.05) is 23.7 Å². The molecule has 4 fully saturated rings. The number of hydrogen-bond donors (Lipinski definition) is 0. The number of esters is 1. The topological polar surface area (TPSA) is 61.8 Å². The summed E-state index contributed by atoms with van der Waals surface area (Å²) in [5, 5.41) is 0. The van der Waals surface area contributed by atoms with Gasteiger partial charge in [0.05, 0.1) is 6.61 Å². The summed E-state index contributed by atoms with van der Waals surface area (Å²) in [6.07, 6.45) is 6.19. The highest BCUT2D eigenvalue weighted by Gasteiger charge is 2.61. The van der Waals surface area contributed by atoms with Gasteiger partial charge >= 0.3 is 12.1 Å². The summed E-state index contributed by atoms with van der Waals surface area (Å²) < 4.78 is 16.4. The first kappa shape index (κ1) is 17.2. The highest BCUT2D eigenvalue weighted by molar-refractivity contribution is 5.66. The molecule has 3 aliphatic carbocycles. The molecule has 1 aliphatic heterocycles. The van der Waals surface area contributed by atoms with Gasteiger partial charge in [-0.3, -0.25) is 4.79 Å². The van der Waals surface area contributed by atoms with Crippen molar-refractivity contribution in [3.63, 3.8) is 0 Å². The molecule has 4 rings (SSSR count). The van der Waals surface area contributed by atoms with Crippen molar-refractivity contribution in [3.05, 3.63) is 0 Å². The Morgan fingerprint density at radius 3 is 2.56 bits per heavy atom. The zero-order valence-electron chi connectivity index (χ0n) is 15.6. The minimum atomic E-state index is -0.511. The molecule has 3 saturated carbocycles. The fourth-order valence-electron chi connectivity index (χ4n) is 6.80. The van der Waals surface area contributed by atoms with E-state index in [1.165, 1.54) is 13.3 Å². The zero-order valence-corrected chi connectivity index (χ0v) is 15.6. The number of rotatable bonds is 1. The number of carbonyl (C=O) groups excluding carboxylic acids is 2. The molecule has 4 aliphatic rings. The third-order valence-corrected chi connectivity index (χ3v) is 8.19. The van der Waals surface area contributed by atoms with E-state index >= 15 is 0 Å². The van der Waals surface area contributed by atoms with Gasteiger partial charge in [0.25, 0.3) is 0 Å². The first-order valence-corrected chi connectivity index (χ1v) is 9.81. The minimum absolute atomic E-state index is 0.00985. The first-order chi connectivity index (χ1) is 11.8. The van der Waals surface area contributed by atoms with E-state index in [0.717, 1.165) is 32.1 Å². The van der Waals surface area contributed by atoms with Crippen LogP contribution < -0.4 is 0 Å². The number of ether oxygens (including phenoxy) is 3. The first-order valence-electron chi connectivity index (χ1n) is 9.81. The number of cyclic esters (lactones) is 2. The Kier molecular flexibility index (Phi) is 4.04. The predicted molar refractivity (Wildman–Crippen MR) is 90.7 cm³/mol. The molecular formula is C20H30O5. The van der Waals surface area contributed by atoms with Crippen LogP contribution >= 0.6 is 0 Å². The van der Waals surface area contributed by atoms with Crippen molar-refractivity contribution in [1.82, 2.24) is 0 Å². The van der Waals surface area contributed by atoms with Crippen LogP contribution in [-0.2, 0) is 19.0 Å². The maximum Gasteiger partial charge on any atom is 0.508 e. The van der Waals surface area contributed by atoms with Crippen LogP contribution in [0.1, 0.15) is 59.3 Å². The van der Waals surface area contributed by atoms with E-state index in [0.29, 0.717) is 36.9 Å². The molecule has 0 aromatic rings. The smallest absolute Gasteiger partial charge is 0.462 e. The molecule has 0 aromatic heterocycles. The SMILES string of the molecule is CC(=O)OC1CC[C@H]2[C@@H]3CC[C@H]4COC(=O)OC[C@]4(C)[C@H]3CC[C@]12C. The number of carbonyl (C=O) groups is 2. The Morgan fingerprint density at radius 2 is 1.80 bits per heavy atom. The van der Waals surface area contributed by atoms with E-state index in [-0.39, 0.29) is 22.9 Å². The van der Waals surface area contributed by atoms with Crippen molar-refractivity contribution < 1.29 is 23.8 Å². The Labute approximate surface area is 149 Å². The molecule has 0 amide bonds. The Hall–Kier alpha value is -1.26. The average molecular weight is 350 g/mol. The van der Waals surface area contributed by atoms with Crippen molar-refractivity contribution in [2.45, 2.75) is 65.4 Å². The van der Waals surface area contributed by atoms with Gasteiger partial charge in [-0.05, 0) is 56.3 Å². The molecule has 1 saturated heterocycles. The van der Waals surface area contributed by atoms with Crippen molar-refractivity contribution in [1.29, 1.82) is 0 Å². The number of hydrogen-bond acceptors (Lipinski definition) is 5. The van der Waals surface area contributed by atoms with Crippen molar-refractivity contribution in [2.75, 3.05) is 13.2 Å². The van der Waals surface area contributed by atoms with Gasteiger partial charge in [0.2, 0.25) is 0 Å². The van der Waals surface area contributed by atoms with E-state index in [9.17, 15) is 9.59 Å². The van der Waals surface area contributed by atoms with Crippen LogP contribution in [0.5, 0.6) is 0 Å². The molecule has 0 radical (unpaired) electrons. The monoisotopic (exact) mass is 350 g/mol. The Bertz CT molecular complexity index is 574. The second-order valence-electron chi connectivity index (χ2n) is 9.23. The highest BCUT2D eigenvalue weighted by Crippen LogP contribution is 2.64. The lowest BCUT2D eigenvalue weighted by molar-refractivity contribution is -0.161. The third kappa shape index (κ3) is 2.57. The maximum absolute atomic E-state index is 11.6. The molecular weight excluding hydrogens is 320 g/mol. The van der Waals surface area contributed by atoms with Crippen LogP contribution in [0.25, 0.3) is 0 Å². The fraction of sp³-hybridized carbons (Fsp3) is 0.900. The molecule has 25 heavy (non-hydrogen) atoms. The largest absolute Gasteiger partial charge is 0.508 e. The van der Waals surface area contributed by atoms with Crippen LogP contribution in [0, 0.1) is 34.5 Å². The molecule has 5 nitrogen and oxygen atoms in total. The average Bonchev–Trinajstić information content (AvgIpc) is 2.79. The summed E-state index contributed by atoms with van der Waals surface area (Å²) in [6.45, 7) is 7.14. The lowest BCUT2D eigenvalue weighted by atomic mass is 9.48. The van der Waals surface area contributed by atoms with Crippen LogP contribution in [0.4, 0.5) is 4.79 Å². The molecule has 0 spiro atoms. The molecule has 1 heterocycles. The highest BCUT2D eigenvalue weighted by atomic mass is 16.7. The summed E-state index contributed by atoms with van der Waals surface area (Å²) in [5.41, 5.74) is 0.115. The summed E-state index contributed by atoms with van der Waals surface area (Å²) in [5.74, 6) is 2.05. The maximum atomic E-state index is 11.6. The Balaban J connectivity index is 1.59. The fourth-order valence-corrected chi connectivity index (χ4v) is 6.80. The van der Waals surface area contributed by atoms with Crippen molar-refractivity contribution in [2.24, 2.45) is 34.5 Å². The van der Waals surface area contributed by atoms with Gasteiger partial charge in [-0.15, -0.1) is 0 Å². The number of fused-ring (bicyclic) bond motifs is 5. The molecule has 140 valence electrons. The predicted octanol–water partition coefficient (Wildman–Crippen LogP) is 3.94. The molecule has 0 N–H and O–H groups in total. The lowest BCUT2D eigenvalue weighted by Gasteiger charge is -2.57. The molecule has 0 aromatic carbocycles. The van der Waals surface area contributed by atoms with Crippen LogP contribution in [0.2, 0.25) is 0 Å². The van der Waals surface area contributed by atoms with Gasteiger partial charge in [0.15, 0.2) is 0 Å². The van der Waals surface area contributed by atoms with E-state index in [2.05, 4.69) is 13.8 Å². The minimum Gasteiger partial charge on any atom is -0.462 e. The Morgan fingerprint density at radius 1 is 1.04 bits per heavy atom. The van der Waals surface area contributed by atoms with E-state index in [4.69, 9.17) is 14.2 Å². The molecule has 1 unspecified atom stereocenters. The molecule has 0 bridgehead atoms. The third-order valence-electron chi connectivity index (χ3n) is 8.19. The van der Waals surface area contributed by atoms with Gasteiger partial charge < -0.3 is 14.2 Å². The van der Waals surface area contributed by atoms with Crippen molar-refractivity contribution >= 4 is 12.1 Å². The van der Waals surface area contributed by atoms with Crippen LogP contribution in [0.3, 0.4) is 0 Å². The summed E-state index contributed by atoms with van der Waals surface area (Å²) in [4.78, 5) is 23.1. The summed E-state index contributed by atoms with van der Waals surface area (Å²) in [6, 6.07) is 0. The van der Waals surface area contributed by atoms with Crippen LogP contribution in [-0.4, -0.2) is 31.4 Å². The van der Waals surface area contributed by atoms with Crippen molar-refractivity contribution in [3.8, 4) is 0 Å². The van der Waals surface area contributed by atoms with Gasteiger partial charge in [-0.1, -0.05) is 13.8 Å². The summed E-state index contributed by atoms with van der Waals surface area (Å²) in [7, 11) is 0. The second kappa shape index (κ2) is 5.88. The zero-order chi connectivity index (χ0) is 17.8. The van der Waals surface area contributed by atoms with E-state index < -0.39 is 6.16 Å². The van der Waals surface area contributed by atoms with Gasteiger partial charge in [-0.25, -0.2) is 4.79 Å².